The molecule has 1 heterocycles. The summed E-state index contributed by atoms with van der Waals surface area (Å²) in [4.78, 5) is 40.7. The molecule has 40 heavy (non-hydrogen) atoms. The molecule has 3 aliphatic rings. The average Bonchev–Trinajstić information content (AvgIpc) is 2.87. The van der Waals surface area contributed by atoms with Gasteiger partial charge in [-0.2, -0.15) is 0 Å². The quantitative estimate of drug-likeness (QED) is 0.458. The van der Waals surface area contributed by atoms with Gasteiger partial charge in [0.05, 0.1) is 12.7 Å². The number of nitrogens with zero attached hydrogens (tertiary/aromatic N) is 1. The van der Waals surface area contributed by atoms with Crippen LogP contribution in [0.4, 0.5) is 0 Å². The van der Waals surface area contributed by atoms with Crippen molar-refractivity contribution >= 4 is 17.5 Å². The van der Waals surface area contributed by atoms with Crippen LogP contribution in [0.25, 0.3) is 0 Å². The summed E-state index contributed by atoms with van der Waals surface area (Å²) in [5, 5.41) is 9.13. The Hall–Kier alpha value is -3.87. The Morgan fingerprint density at radius 3 is 1.93 bits per heavy atom. The van der Waals surface area contributed by atoms with Crippen LogP contribution in [-0.2, 0) is 16.2 Å². The number of ether oxygens (including phenoxy) is 2. The van der Waals surface area contributed by atoms with Crippen molar-refractivity contribution < 1.29 is 29.0 Å². The zero-order chi connectivity index (χ0) is 29.0. The average molecular weight is 544 g/mol. The highest BCUT2D eigenvalue weighted by Crippen LogP contribution is 2.54. The maximum atomic E-state index is 13.7. The number of carbonyl (C=O) groups is 3. The number of carboxylic acid groups (broad SMARTS) is 1. The Balaban J connectivity index is 1.54. The molecule has 0 saturated heterocycles. The molecule has 0 saturated carbocycles. The van der Waals surface area contributed by atoms with Gasteiger partial charge in [-0.1, -0.05) is 45.9 Å². The molecule has 7 heteroatoms. The third-order valence-electron chi connectivity index (χ3n) is 8.30. The fourth-order valence-corrected chi connectivity index (χ4v) is 6.39. The monoisotopic (exact) mass is 543 g/mol. The Bertz CT molecular complexity index is 1410. The van der Waals surface area contributed by atoms with E-state index >= 15 is 0 Å². The summed E-state index contributed by atoms with van der Waals surface area (Å²) in [6.45, 7) is 8.74. The number of aromatic carboxylic acids is 1. The van der Waals surface area contributed by atoms with Crippen molar-refractivity contribution in [1.29, 1.82) is 0 Å². The lowest BCUT2D eigenvalue weighted by atomic mass is 9.64. The molecule has 2 aromatic rings. The van der Waals surface area contributed by atoms with Crippen molar-refractivity contribution in [2.75, 3.05) is 14.2 Å². The number of ketones is 2. The van der Waals surface area contributed by atoms with Crippen LogP contribution < -0.4 is 9.47 Å². The van der Waals surface area contributed by atoms with Gasteiger partial charge in [0.2, 0.25) is 0 Å². The third-order valence-corrected chi connectivity index (χ3v) is 8.30. The topological polar surface area (TPSA) is 93.1 Å². The summed E-state index contributed by atoms with van der Waals surface area (Å²) >= 11 is 0. The lowest BCUT2D eigenvalue weighted by Gasteiger charge is -2.47. The third kappa shape index (κ3) is 5.05. The maximum Gasteiger partial charge on any atom is 0.335 e. The van der Waals surface area contributed by atoms with Crippen molar-refractivity contribution in [3.05, 3.63) is 81.7 Å². The summed E-state index contributed by atoms with van der Waals surface area (Å²) in [6.07, 6.45) is 2.42. The lowest BCUT2D eigenvalue weighted by molar-refractivity contribution is -0.119. The van der Waals surface area contributed by atoms with Crippen molar-refractivity contribution in [2.45, 2.75) is 65.9 Å². The van der Waals surface area contributed by atoms with Gasteiger partial charge in [0, 0.05) is 48.3 Å². The number of hydrogen-bond acceptors (Lipinski definition) is 6. The van der Waals surface area contributed by atoms with Gasteiger partial charge in [0.15, 0.2) is 23.1 Å². The minimum Gasteiger partial charge on any atom is -0.493 e. The molecule has 5 rings (SSSR count). The standard InChI is InChI=1S/C33H37NO6/c1-32(2)14-22-29(24(35)16-32)28(30-23(34(22)5)15-33(3,4)17-25(30)36)21-11-12-26(27(13-21)39-6)40-18-19-7-9-20(10-8-19)31(37)38/h7-13,28H,14-18H2,1-6H3,(H,37,38). The van der Waals surface area contributed by atoms with Crippen LogP contribution in [0.1, 0.15) is 80.8 Å². The zero-order valence-corrected chi connectivity index (χ0v) is 24.1. The van der Waals surface area contributed by atoms with Crippen LogP contribution in [0.3, 0.4) is 0 Å². The molecule has 210 valence electrons. The van der Waals surface area contributed by atoms with Crippen LogP contribution in [-0.4, -0.2) is 41.7 Å². The highest BCUT2D eigenvalue weighted by molar-refractivity contribution is 6.06. The molecule has 0 unspecified atom stereocenters. The van der Waals surface area contributed by atoms with Gasteiger partial charge in [-0.15, -0.1) is 0 Å². The van der Waals surface area contributed by atoms with E-state index in [-0.39, 0.29) is 34.6 Å². The molecule has 0 atom stereocenters. The maximum absolute atomic E-state index is 13.7. The predicted octanol–water partition coefficient (Wildman–Crippen LogP) is 6.29. The number of carboxylic acids is 1. The molecule has 1 N–H and O–H groups in total. The fraction of sp³-hybridized carbons (Fsp3) is 0.424. The molecular formula is C33H37NO6. The second kappa shape index (κ2) is 9.95. The zero-order valence-electron chi connectivity index (χ0n) is 24.1. The van der Waals surface area contributed by atoms with E-state index in [2.05, 4.69) is 32.6 Å². The van der Waals surface area contributed by atoms with Gasteiger partial charge in [-0.05, 0) is 59.1 Å². The number of hydrogen-bond donors (Lipinski definition) is 1. The number of methoxy groups -OCH3 is 1. The van der Waals surface area contributed by atoms with Crippen molar-refractivity contribution in [3.8, 4) is 11.5 Å². The van der Waals surface area contributed by atoms with Crippen molar-refractivity contribution in [2.24, 2.45) is 10.8 Å². The first-order chi connectivity index (χ1) is 18.8. The molecule has 0 aromatic heterocycles. The van der Waals surface area contributed by atoms with Crippen LogP contribution in [0.5, 0.6) is 11.5 Å². The Morgan fingerprint density at radius 1 is 0.875 bits per heavy atom. The molecule has 0 amide bonds. The van der Waals surface area contributed by atoms with E-state index in [1.54, 1.807) is 31.4 Å². The van der Waals surface area contributed by atoms with Gasteiger partial charge >= 0.3 is 5.97 Å². The first kappa shape index (κ1) is 27.7. The molecule has 7 nitrogen and oxygen atoms in total. The van der Waals surface area contributed by atoms with Crippen LogP contribution in [0.2, 0.25) is 0 Å². The number of Topliss-reactive ketones (excluding diaryl/α,β-unsaturated/α-hetero) is 2. The van der Waals surface area contributed by atoms with E-state index in [9.17, 15) is 14.4 Å². The van der Waals surface area contributed by atoms with Crippen molar-refractivity contribution in [3.63, 3.8) is 0 Å². The van der Waals surface area contributed by atoms with E-state index in [0.717, 1.165) is 46.5 Å². The van der Waals surface area contributed by atoms with Crippen LogP contribution in [0, 0.1) is 10.8 Å². The number of rotatable bonds is 6. The molecule has 1 aliphatic heterocycles. The number of benzene rings is 2. The molecule has 2 aromatic carbocycles. The van der Waals surface area contributed by atoms with Gasteiger partial charge in [0.1, 0.15) is 6.61 Å². The Labute approximate surface area is 235 Å². The van der Waals surface area contributed by atoms with E-state index < -0.39 is 11.9 Å². The van der Waals surface area contributed by atoms with E-state index in [4.69, 9.17) is 14.6 Å². The second-order valence-electron chi connectivity index (χ2n) is 12.8. The highest BCUT2D eigenvalue weighted by atomic mass is 16.5. The van der Waals surface area contributed by atoms with Crippen LogP contribution in [0.15, 0.2) is 65.0 Å². The lowest BCUT2D eigenvalue weighted by Crippen LogP contribution is -2.43. The Kier molecular flexibility index (Phi) is 6.89. The molecule has 0 fully saturated rings. The van der Waals surface area contributed by atoms with E-state index in [1.807, 2.05) is 25.2 Å². The molecule has 0 bridgehead atoms. The second-order valence-corrected chi connectivity index (χ2v) is 12.8. The van der Waals surface area contributed by atoms with E-state index in [1.165, 1.54) is 0 Å². The summed E-state index contributed by atoms with van der Waals surface area (Å²) < 4.78 is 11.8. The van der Waals surface area contributed by atoms with Gasteiger partial charge in [0.25, 0.3) is 0 Å². The Morgan fingerprint density at radius 2 is 1.43 bits per heavy atom. The largest absolute Gasteiger partial charge is 0.493 e. The fourth-order valence-electron chi connectivity index (χ4n) is 6.39. The van der Waals surface area contributed by atoms with E-state index in [0.29, 0.717) is 24.3 Å². The minimum absolute atomic E-state index is 0.0939. The minimum atomic E-state index is -0.977. The SMILES string of the molecule is COc1cc(C2C3=C(CC(C)(C)CC3=O)N(C)C3=C2C(=O)CC(C)(C)C3)ccc1OCc1ccc(C(=O)O)cc1. The van der Waals surface area contributed by atoms with Gasteiger partial charge in [-0.25, -0.2) is 4.79 Å². The highest BCUT2D eigenvalue weighted by Gasteiger charge is 2.48. The smallest absolute Gasteiger partial charge is 0.335 e. The number of carbonyl (C=O) groups excluding carboxylic acids is 2. The molecule has 0 radical (unpaired) electrons. The summed E-state index contributed by atoms with van der Waals surface area (Å²) in [5.74, 6) is -0.199. The predicted molar refractivity (Wildman–Crippen MR) is 151 cm³/mol. The van der Waals surface area contributed by atoms with Crippen LogP contribution >= 0.6 is 0 Å². The molecular weight excluding hydrogens is 506 g/mol. The first-order valence-corrected chi connectivity index (χ1v) is 13.7. The molecule has 0 spiro atoms. The summed E-state index contributed by atoms with van der Waals surface area (Å²) in [5.41, 5.74) is 5.04. The summed E-state index contributed by atoms with van der Waals surface area (Å²) in [6, 6.07) is 12.2. The normalized spacial score (nSPS) is 20.3. The molecule has 2 aliphatic carbocycles. The summed E-state index contributed by atoms with van der Waals surface area (Å²) in [7, 11) is 3.57. The first-order valence-electron chi connectivity index (χ1n) is 13.7. The van der Waals surface area contributed by atoms with Gasteiger partial charge in [-0.3, -0.25) is 9.59 Å². The van der Waals surface area contributed by atoms with Gasteiger partial charge < -0.3 is 19.5 Å². The van der Waals surface area contributed by atoms with Crippen molar-refractivity contribution in [1.82, 2.24) is 4.90 Å². The number of allylic oxidation sites excluding steroid dienone is 4.